The predicted molar refractivity (Wildman–Crippen MR) is 58.5 cm³/mol. The summed E-state index contributed by atoms with van der Waals surface area (Å²) in [6, 6.07) is 1.89. The van der Waals surface area contributed by atoms with Crippen molar-refractivity contribution in [2.24, 2.45) is 0 Å². The molecule has 0 aromatic carbocycles. The van der Waals surface area contributed by atoms with Gasteiger partial charge >= 0.3 is 5.97 Å². The zero-order valence-corrected chi connectivity index (χ0v) is 9.76. The third-order valence-corrected chi connectivity index (χ3v) is 2.69. The molecule has 94 valence electrons. The molecule has 1 aliphatic heterocycles. The van der Waals surface area contributed by atoms with Crippen molar-refractivity contribution in [3.05, 3.63) is 17.5 Å². The van der Waals surface area contributed by atoms with Gasteiger partial charge in [0.25, 0.3) is 0 Å². The van der Waals surface area contributed by atoms with Crippen LogP contribution in [0.4, 0.5) is 0 Å². The van der Waals surface area contributed by atoms with E-state index >= 15 is 0 Å². The van der Waals surface area contributed by atoms with Gasteiger partial charge in [-0.2, -0.15) is 0 Å². The Bertz CT molecular complexity index is 391. The average Bonchev–Trinajstić information content (AvgIpc) is 2.63. The van der Waals surface area contributed by atoms with E-state index in [2.05, 4.69) is 10.1 Å². The van der Waals surface area contributed by atoms with Crippen LogP contribution in [0.3, 0.4) is 0 Å². The van der Waals surface area contributed by atoms with Crippen molar-refractivity contribution in [3.8, 4) is 0 Å². The zero-order chi connectivity index (χ0) is 12.3. The third-order valence-electron chi connectivity index (χ3n) is 2.69. The number of ether oxygens (including phenoxy) is 1. The summed E-state index contributed by atoms with van der Waals surface area (Å²) in [7, 11) is 0. The minimum absolute atomic E-state index is 0.0499. The molecule has 2 heterocycles. The fraction of sp³-hybridized carbons (Fsp3) is 0.636. The zero-order valence-electron chi connectivity index (χ0n) is 9.76. The van der Waals surface area contributed by atoms with Crippen molar-refractivity contribution in [1.82, 2.24) is 10.1 Å². The van der Waals surface area contributed by atoms with Crippen molar-refractivity contribution in [2.75, 3.05) is 19.7 Å². The van der Waals surface area contributed by atoms with Crippen molar-refractivity contribution in [2.45, 2.75) is 26.0 Å². The fourth-order valence-electron chi connectivity index (χ4n) is 1.96. The molecule has 0 bridgehead atoms. The van der Waals surface area contributed by atoms with E-state index in [-0.39, 0.29) is 12.5 Å². The SMILES string of the molecule is Cc1cc(CN2CCOC(CC(=O)O)C2)no1. The first-order valence-electron chi connectivity index (χ1n) is 5.61. The largest absolute Gasteiger partial charge is 0.481 e. The van der Waals surface area contributed by atoms with Crippen molar-refractivity contribution < 1.29 is 19.2 Å². The molecule has 1 saturated heterocycles. The van der Waals surface area contributed by atoms with Gasteiger partial charge in [0, 0.05) is 25.7 Å². The molecule has 1 N–H and O–H groups in total. The Kier molecular flexibility index (Phi) is 3.75. The molecule has 1 atom stereocenters. The Morgan fingerprint density at radius 2 is 2.53 bits per heavy atom. The van der Waals surface area contributed by atoms with Crippen LogP contribution >= 0.6 is 0 Å². The molecule has 0 radical (unpaired) electrons. The second-order valence-corrected chi connectivity index (χ2v) is 4.25. The summed E-state index contributed by atoms with van der Waals surface area (Å²) in [6.45, 7) is 4.51. The van der Waals surface area contributed by atoms with Gasteiger partial charge in [-0.05, 0) is 6.92 Å². The van der Waals surface area contributed by atoms with E-state index in [1.165, 1.54) is 0 Å². The lowest BCUT2D eigenvalue weighted by molar-refractivity contribution is -0.142. The minimum Gasteiger partial charge on any atom is -0.481 e. The van der Waals surface area contributed by atoms with Crippen molar-refractivity contribution in [1.29, 1.82) is 0 Å². The quantitative estimate of drug-likeness (QED) is 0.833. The van der Waals surface area contributed by atoms with Crippen LogP contribution in [0, 0.1) is 6.92 Å². The van der Waals surface area contributed by atoms with Gasteiger partial charge < -0.3 is 14.4 Å². The summed E-state index contributed by atoms with van der Waals surface area (Å²) in [5.74, 6) is -0.0375. The van der Waals surface area contributed by atoms with Crippen LogP contribution in [-0.4, -0.2) is 46.9 Å². The maximum Gasteiger partial charge on any atom is 0.306 e. The minimum atomic E-state index is -0.825. The summed E-state index contributed by atoms with van der Waals surface area (Å²) in [4.78, 5) is 12.7. The number of rotatable bonds is 4. The van der Waals surface area contributed by atoms with E-state index in [0.717, 1.165) is 18.0 Å². The van der Waals surface area contributed by atoms with E-state index in [0.29, 0.717) is 19.7 Å². The van der Waals surface area contributed by atoms with E-state index < -0.39 is 5.97 Å². The Labute approximate surface area is 99.1 Å². The van der Waals surface area contributed by atoms with Crippen LogP contribution in [0.1, 0.15) is 17.9 Å². The first-order chi connectivity index (χ1) is 8.13. The molecule has 2 rings (SSSR count). The number of carboxylic acid groups (broad SMARTS) is 1. The summed E-state index contributed by atoms with van der Waals surface area (Å²) in [6.07, 6.45) is -0.178. The fourth-order valence-corrected chi connectivity index (χ4v) is 1.96. The Morgan fingerprint density at radius 1 is 1.71 bits per heavy atom. The molecule has 0 spiro atoms. The van der Waals surface area contributed by atoms with Gasteiger partial charge in [-0.15, -0.1) is 0 Å². The molecule has 1 aromatic rings. The molecular formula is C11H16N2O4. The van der Waals surface area contributed by atoms with Crippen LogP contribution in [0.15, 0.2) is 10.6 Å². The molecule has 1 aromatic heterocycles. The van der Waals surface area contributed by atoms with Gasteiger partial charge in [0.05, 0.1) is 24.8 Å². The topological polar surface area (TPSA) is 75.8 Å². The number of morpholine rings is 1. The number of aliphatic carboxylic acids is 1. The highest BCUT2D eigenvalue weighted by Gasteiger charge is 2.23. The number of aryl methyl sites for hydroxylation is 1. The van der Waals surface area contributed by atoms with E-state index in [1.54, 1.807) is 0 Å². The summed E-state index contributed by atoms with van der Waals surface area (Å²) in [5.41, 5.74) is 0.874. The second kappa shape index (κ2) is 5.29. The number of hydrogen-bond acceptors (Lipinski definition) is 5. The van der Waals surface area contributed by atoms with E-state index in [1.807, 2.05) is 13.0 Å². The maximum atomic E-state index is 10.6. The van der Waals surface area contributed by atoms with Gasteiger partial charge in [-0.1, -0.05) is 5.16 Å². The molecule has 17 heavy (non-hydrogen) atoms. The molecule has 0 aliphatic carbocycles. The predicted octanol–water partition coefficient (Wildman–Crippen LogP) is 0.659. The molecule has 6 nitrogen and oxygen atoms in total. The monoisotopic (exact) mass is 240 g/mol. The number of nitrogens with zero attached hydrogens (tertiary/aromatic N) is 2. The van der Waals surface area contributed by atoms with Gasteiger partial charge in [0.1, 0.15) is 5.76 Å². The van der Waals surface area contributed by atoms with Gasteiger partial charge in [-0.3, -0.25) is 9.69 Å². The first kappa shape index (κ1) is 12.1. The molecule has 1 unspecified atom stereocenters. The summed E-state index contributed by atoms with van der Waals surface area (Å²) >= 11 is 0. The van der Waals surface area contributed by atoms with E-state index in [9.17, 15) is 4.79 Å². The highest BCUT2D eigenvalue weighted by Crippen LogP contribution is 2.12. The highest BCUT2D eigenvalue weighted by atomic mass is 16.5. The lowest BCUT2D eigenvalue weighted by Gasteiger charge is -2.31. The van der Waals surface area contributed by atoms with Gasteiger partial charge in [0.15, 0.2) is 0 Å². The molecule has 1 fully saturated rings. The Balaban J connectivity index is 1.87. The number of hydrogen-bond donors (Lipinski definition) is 1. The average molecular weight is 240 g/mol. The second-order valence-electron chi connectivity index (χ2n) is 4.25. The van der Waals surface area contributed by atoms with Crippen molar-refractivity contribution in [3.63, 3.8) is 0 Å². The van der Waals surface area contributed by atoms with Gasteiger partial charge in [0.2, 0.25) is 0 Å². The number of carbonyl (C=O) groups is 1. The van der Waals surface area contributed by atoms with Crippen LogP contribution < -0.4 is 0 Å². The van der Waals surface area contributed by atoms with Crippen LogP contribution in [0.25, 0.3) is 0 Å². The number of carboxylic acids is 1. The maximum absolute atomic E-state index is 10.6. The molecule has 0 amide bonds. The highest BCUT2D eigenvalue weighted by molar-refractivity contribution is 5.67. The smallest absolute Gasteiger partial charge is 0.306 e. The lowest BCUT2D eigenvalue weighted by Crippen LogP contribution is -2.42. The van der Waals surface area contributed by atoms with E-state index in [4.69, 9.17) is 14.4 Å². The Hall–Kier alpha value is -1.40. The van der Waals surface area contributed by atoms with Crippen LogP contribution in [0.2, 0.25) is 0 Å². The lowest BCUT2D eigenvalue weighted by atomic mass is 10.2. The third kappa shape index (κ3) is 3.54. The molecule has 0 saturated carbocycles. The first-order valence-corrected chi connectivity index (χ1v) is 5.61. The van der Waals surface area contributed by atoms with Gasteiger partial charge in [-0.25, -0.2) is 0 Å². The summed E-state index contributed by atoms with van der Waals surface area (Å²) in [5, 5.41) is 12.6. The summed E-state index contributed by atoms with van der Waals surface area (Å²) < 4.78 is 10.4. The van der Waals surface area contributed by atoms with Crippen LogP contribution in [0.5, 0.6) is 0 Å². The standard InChI is InChI=1S/C11H16N2O4/c1-8-4-9(12-17-8)6-13-2-3-16-10(7-13)5-11(14)15/h4,10H,2-3,5-7H2,1H3,(H,14,15). The molecule has 1 aliphatic rings. The van der Waals surface area contributed by atoms with Crippen LogP contribution in [-0.2, 0) is 16.1 Å². The molecule has 6 heteroatoms. The number of aromatic nitrogens is 1. The molecular weight excluding hydrogens is 224 g/mol. The van der Waals surface area contributed by atoms with Crippen molar-refractivity contribution >= 4 is 5.97 Å². The Morgan fingerprint density at radius 3 is 3.18 bits per heavy atom. The normalized spacial score (nSPS) is 21.6.